The zero-order valence-electron chi connectivity index (χ0n) is 24.5. The highest BCUT2D eigenvalue weighted by atomic mass is 32.2. The van der Waals surface area contributed by atoms with Crippen molar-refractivity contribution in [1.82, 2.24) is 10.2 Å². The van der Waals surface area contributed by atoms with E-state index in [1.54, 1.807) is 0 Å². The van der Waals surface area contributed by atoms with Crippen LogP contribution in [0.1, 0.15) is 30.0 Å². The number of ether oxygens (including phenoxy) is 2. The zero-order valence-corrected chi connectivity index (χ0v) is 25.3. The molecule has 1 heterocycles. The lowest BCUT2D eigenvalue weighted by Gasteiger charge is -2.32. The first-order valence-electron chi connectivity index (χ1n) is 14.6. The highest BCUT2D eigenvalue weighted by molar-refractivity contribution is 7.92. The zero-order chi connectivity index (χ0) is 31.6. The Kier molecular flexibility index (Phi) is 10.4. The number of anilines is 1. The predicted molar refractivity (Wildman–Crippen MR) is 167 cm³/mol. The smallest absolute Gasteiger partial charge is 0.261 e. The minimum atomic E-state index is -3.94. The SMILES string of the molecule is O=C(NC[C@@H]1CCCO1)[C@@H](c1ccccc1)N(Cc1ccccc1)C(=O)COc1ccc(S(=O)(=O)Nc2ccc(F)cc2)cc1. The lowest BCUT2D eigenvalue weighted by molar-refractivity contribution is -0.143. The Balaban J connectivity index is 1.32. The highest BCUT2D eigenvalue weighted by Gasteiger charge is 2.32. The van der Waals surface area contributed by atoms with Gasteiger partial charge < -0.3 is 19.7 Å². The Morgan fingerprint density at radius 1 is 0.911 bits per heavy atom. The fraction of sp³-hybridized carbons (Fsp3) is 0.235. The van der Waals surface area contributed by atoms with Gasteiger partial charge in [0.05, 0.1) is 11.0 Å². The molecule has 45 heavy (non-hydrogen) atoms. The van der Waals surface area contributed by atoms with E-state index in [1.165, 1.54) is 41.3 Å². The number of carbonyl (C=O) groups is 2. The first kappa shape index (κ1) is 31.7. The molecule has 11 heteroatoms. The molecule has 0 aromatic heterocycles. The van der Waals surface area contributed by atoms with Crippen molar-refractivity contribution in [2.24, 2.45) is 0 Å². The van der Waals surface area contributed by atoms with Crippen LogP contribution in [0, 0.1) is 5.82 Å². The summed E-state index contributed by atoms with van der Waals surface area (Å²) >= 11 is 0. The topological polar surface area (TPSA) is 114 Å². The van der Waals surface area contributed by atoms with Gasteiger partial charge in [0.25, 0.3) is 15.9 Å². The minimum Gasteiger partial charge on any atom is -0.484 e. The van der Waals surface area contributed by atoms with Crippen molar-refractivity contribution < 1.29 is 31.9 Å². The average molecular weight is 632 g/mol. The second-order valence-electron chi connectivity index (χ2n) is 10.6. The van der Waals surface area contributed by atoms with Crippen LogP contribution >= 0.6 is 0 Å². The molecular weight excluding hydrogens is 597 g/mol. The summed E-state index contributed by atoms with van der Waals surface area (Å²) in [7, 11) is -3.94. The van der Waals surface area contributed by atoms with Gasteiger partial charge in [-0.25, -0.2) is 12.8 Å². The van der Waals surface area contributed by atoms with Crippen molar-refractivity contribution in [3.8, 4) is 5.75 Å². The third-order valence-electron chi connectivity index (χ3n) is 7.31. The normalized spacial score (nSPS) is 15.2. The molecular formula is C34H34FN3O6S. The van der Waals surface area contributed by atoms with Gasteiger partial charge in [0, 0.05) is 25.4 Å². The molecule has 1 fully saturated rings. The van der Waals surface area contributed by atoms with Crippen molar-refractivity contribution >= 4 is 27.5 Å². The van der Waals surface area contributed by atoms with Crippen molar-refractivity contribution in [3.05, 3.63) is 126 Å². The number of nitrogens with one attached hydrogen (secondary N) is 2. The van der Waals surface area contributed by atoms with E-state index < -0.39 is 34.4 Å². The Labute approximate surface area is 262 Å². The molecule has 4 aromatic carbocycles. The Morgan fingerprint density at radius 3 is 2.22 bits per heavy atom. The Morgan fingerprint density at radius 2 is 1.58 bits per heavy atom. The molecule has 0 bridgehead atoms. The van der Waals surface area contributed by atoms with Gasteiger partial charge in [0.2, 0.25) is 5.91 Å². The molecule has 0 spiro atoms. The van der Waals surface area contributed by atoms with Gasteiger partial charge in [-0.2, -0.15) is 0 Å². The Hall–Kier alpha value is -4.74. The maximum absolute atomic E-state index is 13.8. The minimum absolute atomic E-state index is 0.0386. The van der Waals surface area contributed by atoms with E-state index in [2.05, 4.69) is 10.0 Å². The van der Waals surface area contributed by atoms with Crippen LogP contribution in [-0.2, 0) is 30.9 Å². The van der Waals surface area contributed by atoms with E-state index in [4.69, 9.17) is 9.47 Å². The largest absolute Gasteiger partial charge is 0.484 e. The van der Waals surface area contributed by atoms with Crippen molar-refractivity contribution in [1.29, 1.82) is 0 Å². The number of rotatable bonds is 13. The number of hydrogen-bond acceptors (Lipinski definition) is 6. The molecule has 2 amide bonds. The van der Waals surface area contributed by atoms with E-state index in [-0.39, 0.29) is 34.9 Å². The number of nitrogens with zero attached hydrogens (tertiary/aromatic N) is 1. The molecule has 4 aromatic rings. The van der Waals surface area contributed by atoms with Crippen LogP contribution < -0.4 is 14.8 Å². The summed E-state index contributed by atoms with van der Waals surface area (Å²) in [6.07, 6.45) is 1.74. The molecule has 2 atom stereocenters. The van der Waals surface area contributed by atoms with E-state index in [0.29, 0.717) is 18.7 Å². The summed E-state index contributed by atoms with van der Waals surface area (Å²) < 4.78 is 52.6. The van der Waals surface area contributed by atoms with E-state index in [9.17, 15) is 22.4 Å². The summed E-state index contributed by atoms with van der Waals surface area (Å²) in [5.74, 6) is -0.979. The first-order valence-corrected chi connectivity index (χ1v) is 16.1. The van der Waals surface area contributed by atoms with Crippen LogP contribution in [0.2, 0.25) is 0 Å². The molecule has 0 aliphatic carbocycles. The number of carbonyl (C=O) groups excluding carboxylic acids is 2. The molecule has 0 radical (unpaired) electrons. The van der Waals surface area contributed by atoms with Gasteiger partial charge in [-0.1, -0.05) is 60.7 Å². The monoisotopic (exact) mass is 631 g/mol. The summed E-state index contributed by atoms with van der Waals surface area (Å²) in [6.45, 7) is 0.769. The number of benzene rings is 4. The molecule has 1 aliphatic rings. The van der Waals surface area contributed by atoms with E-state index in [1.807, 2.05) is 60.7 Å². The number of sulfonamides is 1. The summed E-state index contributed by atoms with van der Waals surface area (Å²) in [4.78, 5) is 29.0. The average Bonchev–Trinajstić information content (AvgIpc) is 3.58. The van der Waals surface area contributed by atoms with Gasteiger partial charge in [0.15, 0.2) is 6.61 Å². The van der Waals surface area contributed by atoms with Gasteiger partial charge >= 0.3 is 0 Å². The summed E-state index contributed by atoms with van der Waals surface area (Å²) in [5, 5.41) is 2.98. The molecule has 234 valence electrons. The second-order valence-corrected chi connectivity index (χ2v) is 12.3. The van der Waals surface area contributed by atoms with Crippen LogP contribution in [0.15, 0.2) is 114 Å². The quantitative estimate of drug-likeness (QED) is 0.213. The Bertz CT molecular complexity index is 1670. The summed E-state index contributed by atoms with van der Waals surface area (Å²) in [6, 6.07) is 28.1. The number of amides is 2. The van der Waals surface area contributed by atoms with Crippen LogP contribution in [-0.4, -0.2) is 51.0 Å². The van der Waals surface area contributed by atoms with Crippen LogP contribution in [0.3, 0.4) is 0 Å². The van der Waals surface area contributed by atoms with Crippen molar-refractivity contribution in [2.45, 2.75) is 36.4 Å². The van der Waals surface area contributed by atoms with Gasteiger partial charge in [-0.15, -0.1) is 0 Å². The van der Waals surface area contributed by atoms with E-state index >= 15 is 0 Å². The highest BCUT2D eigenvalue weighted by Crippen LogP contribution is 2.25. The molecule has 0 unspecified atom stereocenters. The fourth-order valence-corrected chi connectivity index (χ4v) is 6.06. The molecule has 1 aliphatic heterocycles. The molecule has 5 rings (SSSR count). The fourth-order valence-electron chi connectivity index (χ4n) is 5.00. The third-order valence-corrected chi connectivity index (χ3v) is 8.71. The molecule has 0 saturated carbocycles. The molecule has 1 saturated heterocycles. The van der Waals surface area contributed by atoms with Crippen LogP contribution in [0.5, 0.6) is 5.75 Å². The number of hydrogen-bond donors (Lipinski definition) is 2. The van der Waals surface area contributed by atoms with Gasteiger partial charge in [-0.05, 0) is 72.5 Å². The third kappa shape index (κ3) is 8.68. The predicted octanol–water partition coefficient (Wildman–Crippen LogP) is 5.07. The lowest BCUT2D eigenvalue weighted by Crippen LogP contribution is -2.46. The first-order chi connectivity index (χ1) is 21.8. The van der Waals surface area contributed by atoms with E-state index in [0.717, 1.165) is 30.5 Å². The van der Waals surface area contributed by atoms with Gasteiger partial charge in [0.1, 0.15) is 17.6 Å². The summed E-state index contributed by atoms with van der Waals surface area (Å²) in [5.41, 5.74) is 1.70. The lowest BCUT2D eigenvalue weighted by atomic mass is 10.0. The molecule has 9 nitrogen and oxygen atoms in total. The maximum atomic E-state index is 13.8. The standard InChI is InChI=1S/C34H34FN3O6S/c35-27-13-15-28(16-14-27)37-45(41,42)31-19-17-29(18-20-31)44-24-32(39)38(23-25-8-3-1-4-9-25)33(26-10-5-2-6-11-26)34(40)36-22-30-12-7-21-43-30/h1-6,8-11,13-20,30,33,37H,7,12,21-24H2,(H,36,40)/t30-,33+/m0/s1. The maximum Gasteiger partial charge on any atom is 0.261 e. The van der Waals surface area contributed by atoms with Gasteiger partial charge in [-0.3, -0.25) is 14.3 Å². The number of halogens is 1. The van der Waals surface area contributed by atoms with Crippen LogP contribution in [0.4, 0.5) is 10.1 Å². The molecule has 2 N–H and O–H groups in total. The van der Waals surface area contributed by atoms with Crippen LogP contribution in [0.25, 0.3) is 0 Å². The second kappa shape index (κ2) is 14.8. The van der Waals surface area contributed by atoms with Crippen molar-refractivity contribution in [3.63, 3.8) is 0 Å². The van der Waals surface area contributed by atoms with Crippen molar-refractivity contribution in [2.75, 3.05) is 24.5 Å².